The second-order valence-electron chi connectivity index (χ2n) is 6.88. The van der Waals surface area contributed by atoms with Gasteiger partial charge in [-0.25, -0.2) is 0 Å². The summed E-state index contributed by atoms with van der Waals surface area (Å²) in [6.07, 6.45) is 6.96. The molecular formula is C20H29N5. The van der Waals surface area contributed by atoms with Gasteiger partial charge in [0.25, 0.3) is 0 Å². The summed E-state index contributed by atoms with van der Waals surface area (Å²) in [4.78, 5) is 4.33. The monoisotopic (exact) mass is 339 g/mol. The summed E-state index contributed by atoms with van der Waals surface area (Å²) in [7, 11) is 3.78. The van der Waals surface area contributed by atoms with Crippen molar-refractivity contribution in [3.05, 3.63) is 53.9 Å². The molecule has 1 aromatic carbocycles. The molecule has 5 nitrogen and oxygen atoms in total. The van der Waals surface area contributed by atoms with E-state index in [-0.39, 0.29) is 0 Å². The highest BCUT2D eigenvalue weighted by atomic mass is 15.3. The van der Waals surface area contributed by atoms with Crippen LogP contribution in [0.4, 0.5) is 0 Å². The van der Waals surface area contributed by atoms with Crippen LogP contribution in [0, 0.1) is 5.92 Å². The highest BCUT2D eigenvalue weighted by Gasteiger charge is 2.22. The van der Waals surface area contributed by atoms with Crippen molar-refractivity contribution in [2.24, 2.45) is 18.0 Å². The number of nitrogens with zero attached hydrogens (tertiary/aromatic N) is 3. The fourth-order valence-corrected chi connectivity index (χ4v) is 3.64. The number of aromatic nitrogens is 2. The summed E-state index contributed by atoms with van der Waals surface area (Å²) < 4.78 is 1.88. The van der Waals surface area contributed by atoms with Gasteiger partial charge in [0.15, 0.2) is 5.96 Å². The Morgan fingerprint density at radius 1 is 1.12 bits per heavy atom. The molecule has 1 fully saturated rings. The van der Waals surface area contributed by atoms with E-state index in [9.17, 15) is 0 Å². The van der Waals surface area contributed by atoms with Crippen LogP contribution in [0.25, 0.3) is 0 Å². The molecule has 0 spiro atoms. The van der Waals surface area contributed by atoms with Gasteiger partial charge in [0.05, 0.1) is 12.2 Å². The molecule has 1 aliphatic rings. The number of nitrogens with one attached hydrogen (secondary N) is 2. The maximum Gasteiger partial charge on any atom is 0.191 e. The largest absolute Gasteiger partial charge is 0.356 e. The van der Waals surface area contributed by atoms with E-state index in [1.807, 2.05) is 31.0 Å². The highest BCUT2D eigenvalue weighted by Crippen LogP contribution is 2.35. The second-order valence-corrected chi connectivity index (χ2v) is 6.88. The summed E-state index contributed by atoms with van der Waals surface area (Å²) in [5.74, 6) is 2.33. The van der Waals surface area contributed by atoms with Crippen molar-refractivity contribution in [3.8, 4) is 0 Å². The zero-order chi connectivity index (χ0) is 17.5. The smallest absolute Gasteiger partial charge is 0.191 e. The molecule has 5 heteroatoms. The molecule has 2 N–H and O–H groups in total. The molecule has 0 unspecified atom stereocenters. The van der Waals surface area contributed by atoms with Crippen molar-refractivity contribution in [2.75, 3.05) is 13.6 Å². The molecule has 0 amide bonds. The van der Waals surface area contributed by atoms with E-state index in [1.54, 1.807) is 0 Å². The summed E-state index contributed by atoms with van der Waals surface area (Å²) in [6, 6.07) is 13.0. The third kappa shape index (κ3) is 4.84. The van der Waals surface area contributed by atoms with Crippen molar-refractivity contribution >= 4 is 5.96 Å². The average molecular weight is 339 g/mol. The average Bonchev–Trinajstić information content (AvgIpc) is 3.08. The van der Waals surface area contributed by atoms with Gasteiger partial charge in [0.1, 0.15) is 0 Å². The van der Waals surface area contributed by atoms with E-state index >= 15 is 0 Å². The third-order valence-corrected chi connectivity index (χ3v) is 5.26. The summed E-state index contributed by atoms with van der Waals surface area (Å²) >= 11 is 0. The lowest BCUT2D eigenvalue weighted by Crippen LogP contribution is -2.40. The highest BCUT2D eigenvalue weighted by molar-refractivity contribution is 5.79. The van der Waals surface area contributed by atoms with Crippen molar-refractivity contribution < 1.29 is 0 Å². The number of hydrogen-bond donors (Lipinski definition) is 2. The lowest BCUT2D eigenvalue weighted by Gasteiger charge is -2.29. The number of guanidine groups is 1. The van der Waals surface area contributed by atoms with E-state index in [1.165, 1.54) is 31.2 Å². The van der Waals surface area contributed by atoms with E-state index in [2.05, 4.69) is 51.1 Å². The number of aliphatic imine (C=N–C) groups is 1. The first kappa shape index (κ1) is 17.5. The Morgan fingerprint density at radius 3 is 2.52 bits per heavy atom. The van der Waals surface area contributed by atoms with Gasteiger partial charge in [0.2, 0.25) is 0 Å². The number of aryl methyl sites for hydroxylation is 1. The Morgan fingerprint density at radius 2 is 1.88 bits per heavy atom. The van der Waals surface area contributed by atoms with Gasteiger partial charge in [-0.05, 0) is 49.1 Å². The lowest BCUT2D eigenvalue weighted by molar-refractivity contribution is 0.324. The van der Waals surface area contributed by atoms with Crippen LogP contribution in [0.2, 0.25) is 0 Å². The van der Waals surface area contributed by atoms with Gasteiger partial charge in [-0.2, -0.15) is 5.10 Å². The van der Waals surface area contributed by atoms with Crippen LogP contribution in [0.5, 0.6) is 0 Å². The van der Waals surface area contributed by atoms with Crippen molar-refractivity contribution in [1.82, 2.24) is 20.4 Å². The molecule has 0 radical (unpaired) electrons. The normalized spacial score (nSPS) is 21.1. The minimum atomic E-state index is 0.732. The summed E-state index contributed by atoms with van der Waals surface area (Å²) in [5, 5.41) is 11.0. The van der Waals surface area contributed by atoms with E-state index in [0.717, 1.165) is 36.6 Å². The van der Waals surface area contributed by atoms with Crippen LogP contribution < -0.4 is 10.6 Å². The third-order valence-electron chi connectivity index (χ3n) is 5.26. The molecule has 3 rings (SSSR count). The molecule has 134 valence electrons. The number of benzene rings is 1. The second kappa shape index (κ2) is 8.70. The lowest BCUT2D eigenvalue weighted by atomic mass is 9.79. The van der Waals surface area contributed by atoms with E-state index < -0.39 is 0 Å². The molecule has 1 aromatic heterocycles. The maximum absolute atomic E-state index is 4.33. The fourth-order valence-electron chi connectivity index (χ4n) is 3.64. The zero-order valence-electron chi connectivity index (χ0n) is 15.3. The Labute approximate surface area is 150 Å². The minimum absolute atomic E-state index is 0.732. The quantitative estimate of drug-likeness (QED) is 0.650. The molecule has 0 atom stereocenters. The van der Waals surface area contributed by atoms with Crippen LogP contribution in [0.3, 0.4) is 0 Å². The number of hydrogen-bond acceptors (Lipinski definition) is 2. The summed E-state index contributed by atoms with van der Waals surface area (Å²) in [5.41, 5.74) is 2.65. The van der Waals surface area contributed by atoms with E-state index in [0.29, 0.717) is 0 Å². The Hall–Kier alpha value is -2.30. The van der Waals surface area contributed by atoms with Gasteiger partial charge in [-0.1, -0.05) is 30.3 Å². The van der Waals surface area contributed by atoms with Crippen LogP contribution in [-0.4, -0.2) is 29.3 Å². The van der Waals surface area contributed by atoms with Crippen LogP contribution in [-0.2, 0) is 13.6 Å². The molecule has 2 aromatic rings. The summed E-state index contributed by atoms with van der Waals surface area (Å²) in [6.45, 7) is 1.73. The Bertz CT molecular complexity index is 668. The minimum Gasteiger partial charge on any atom is -0.356 e. The molecule has 0 saturated heterocycles. The molecule has 25 heavy (non-hydrogen) atoms. The fraction of sp³-hybridized carbons (Fsp3) is 0.500. The molecule has 0 bridgehead atoms. The van der Waals surface area contributed by atoms with Gasteiger partial charge >= 0.3 is 0 Å². The Balaban J connectivity index is 1.40. The standard InChI is InChI=1S/C20H29N5/c1-21-20(23-15-19-12-13-24-25(19)2)22-14-16-8-10-18(11-9-16)17-6-4-3-5-7-17/h3-7,12-13,16,18H,8-11,14-15H2,1-2H3,(H2,21,22,23). The van der Waals surface area contributed by atoms with E-state index in [4.69, 9.17) is 0 Å². The zero-order valence-corrected chi connectivity index (χ0v) is 15.3. The van der Waals surface area contributed by atoms with Crippen molar-refractivity contribution in [3.63, 3.8) is 0 Å². The maximum atomic E-state index is 4.33. The predicted octanol–water partition coefficient (Wildman–Crippen LogP) is 3.06. The first-order valence-electron chi connectivity index (χ1n) is 9.22. The van der Waals surface area contributed by atoms with Gasteiger partial charge in [-0.3, -0.25) is 9.67 Å². The van der Waals surface area contributed by atoms with Gasteiger partial charge in [0, 0.05) is 26.8 Å². The first-order chi connectivity index (χ1) is 12.3. The molecule has 0 aliphatic heterocycles. The molecule has 1 aliphatic carbocycles. The SMILES string of the molecule is CN=C(NCc1ccnn1C)NCC1CCC(c2ccccc2)CC1. The van der Waals surface area contributed by atoms with Crippen LogP contribution in [0.15, 0.2) is 47.6 Å². The predicted molar refractivity (Wildman–Crippen MR) is 103 cm³/mol. The number of rotatable bonds is 5. The first-order valence-corrected chi connectivity index (χ1v) is 9.22. The van der Waals surface area contributed by atoms with Crippen molar-refractivity contribution in [2.45, 2.75) is 38.1 Å². The molecule has 1 saturated carbocycles. The Kier molecular flexibility index (Phi) is 6.09. The molecular weight excluding hydrogens is 310 g/mol. The van der Waals surface area contributed by atoms with Crippen LogP contribution in [0.1, 0.15) is 42.9 Å². The van der Waals surface area contributed by atoms with Gasteiger partial charge < -0.3 is 10.6 Å². The molecule has 1 heterocycles. The van der Waals surface area contributed by atoms with Crippen LogP contribution >= 0.6 is 0 Å². The van der Waals surface area contributed by atoms with Crippen molar-refractivity contribution in [1.29, 1.82) is 0 Å². The van der Waals surface area contributed by atoms with Gasteiger partial charge in [-0.15, -0.1) is 0 Å². The topological polar surface area (TPSA) is 54.2 Å².